The van der Waals surface area contributed by atoms with E-state index in [0.29, 0.717) is 11.8 Å². The van der Waals surface area contributed by atoms with E-state index in [1.165, 1.54) is 19.1 Å². The van der Waals surface area contributed by atoms with Gasteiger partial charge in [0.05, 0.1) is 6.04 Å². The van der Waals surface area contributed by atoms with Crippen molar-refractivity contribution in [2.75, 3.05) is 32.7 Å². The summed E-state index contributed by atoms with van der Waals surface area (Å²) in [5, 5.41) is 2.96. The van der Waals surface area contributed by atoms with Crippen LogP contribution < -0.4 is 5.32 Å². The molecule has 170 valence electrons. The van der Waals surface area contributed by atoms with E-state index in [2.05, 4.69) is 10.2 Å². The number of hydrogen-bond acceptors (Lipinski definition) is 3. The molecule has 2 amide bonds. The summed E-state index contributed by atoms with van der Waals surface area (Å²) in [5.74, 6) is 0.715. The number of likely N-dealkylation sites (tertiary alicyclic amines) is 2. The zero-order valence-corrected chi connectivity index (χ0v) is 19.1. The van der Waals surface area contributed by atoms with Crippen molar-refractivity contribution in [1.29, 1.82) is 0 Å². The fourth-order valence-corrected chi connectivity index (χ4v) is 5.35. The van der Waals surface area contributed by atoms with Gasteiger partial charge in [0.15, 0.2) is 0 Å². The Morgan fingerprint density at radius 3 is 2.25 bits per heavy atom. The summed E-state index contributed by atoms with van der Waals surface area (Å²) < 4.78 is 13.7. The molecule has 2 saturated heterocycles. The Morgan fingerprint density at radius 2 is 1.66 bits per heavy atom. The number of nitrogens with zero attached hydrogens (tertiary/aromatic N) is 2. The third-order valence-corrected chi connectivity index (χ3v) is 6.91. The van der Waals surface area contributed by atoms with E-state index in [1.54, 1.807) is 6.07 Å². The Hall–Kier alpha value is -2.73. The number of rotatable bonds is 6. The lowest BCUT2D eigenvalue weighted by atomic mass is 10.0. The topological polar surface area (TPSA) is 52.7 Å². The maximum atomic E-state index is 13.7. The fraction of sp³-hybridized carbons (Fsp3) is 0.462. The van der Waals surface area contributed by atoms with Crippen molar-refractivity contribution >= 4 is 11.8 Å². The molecule has 2 aliphatic heterocycles. The number of carbonyl (C=O) groups is 2. The molecule has 32 heavy (non-hydrogen) atoms. The Balaban J connectivity index is 1.34. The molecule has 3 atom stereocenters. The second kappa shape index (κ2) is 9.41. The van der Waals surface area contributed by atoms with Crippen LogP contribution in [0.1, 0.15) is 46.4 Å². The number of nitrogens with one attached hydrogen (secondary N) is 1. The second-order valence-electron chi connectivity index (χ2n) is 9.35. The molecule has 2 fully saturated rings. The van der Waals surface area contributed by atoms with E-state index in [9.17, 15) is 14.0 Å². The molecule has 0 radical (unpaired) electrons. The van der Waals surface area contributed by atoms with Gasteiger partial charge in [0.1, 0.15) is 5.82 Å². The standard InChI is InChI=1S/C26H32FN3O2/c1-17-6-4-7-18(2)25(17)26(32)30-15-21-13-29(14-22(21)16-30)11-10-24(28-19(3)31)20-8-5-9-23(27)12-20/h4-9,12,21-22,24H,10-11,13-16H2,1-3H3,(H,28,31)/t21-,22?,24?/m0/s1. The number of amides is 2. The van der Waals surface area contributed by atoms with Crippen LogP contribution in [0.15, 0.2) is 42.5 Å². The minimum Gasteiger partial charge on any atom is -0.349 e. The van der Waals surface area contributed by atoms with Crippen molar-refractivity contribution < 1.29 is 14.0 Å². The van der Waals surface area contributed by atoms with Crippen molar-refractivity contribution in [2.24, 2.45) is 11.8 Å². The quantitative estimate of drug-likeness (QED) is 0.750. The molecule has 0 saturated carbocycles. The SMILES string of the molecule is CC(=O)NC(CCN1CC2CN(C(=O)c3c(C)cccc3C)C[C@@H]2C1)c1cccc(F)c1. The number of aryl methyl sites for hydroxylation is 2. The molecule has 0 spiro atoms. The predicted molar refractivity (Wildman–Crippen MR) is 123 cm³/mol. The highest BCUT2D eigenvalue weighted by Gasteiger charge is 2.42. The van der Waals surface area contributed by atoms with Crippen LogP contribution in [-0.2, 0) is 4.79 Å². The number of fused-ring (bicyclic) bond motifs is 1. The van der Waals surface area contributed by atoms with E-state index in [4.69, 9.17) is 0 Å². The average molecular weight is 438 g/mol. The Bertz CT molecular complexity index is 974. The Morgan fingerprint density at radius 1 is 1.03 bits per heavy atom. The van der Waals surface area contributed by atoms with Crippen LogP contribution in [0.2, 0.25) is 0 Å². The van der Waals surface area contributed by atoms with E-state index in [-0.39, 0.29) is 23.7 Å². The van der Waals surface area contributed by atoms with Gasteiger partial charge in [-0.15, -0.1) is 0 Å². The zero-order chi connectivity index (χ0) is 22.8. The fourth-order valence-electron chi connectivity index (χ4n) is 5.35. The van der Waals surface area contributed by atoms with Gasteiger partial charge in [-0.3, -0.25) is 9.59 Å². The van der Waals surface area contributed by atoms with Crippen molar-refractivity contribution in [3.05, 3.63) is 70.5 Å². The van der Waals surface area contributed by atoms with Gasteiger partial charge in [0, 0.05) is 45.2 Å². The van der Waals surface area contributed by atoms with Crippen molar-refractivity contribution in [3.63, 3.8) is 0 Å². The van der Waals surface area contributed by atoms with Crippen LogP contribution in [-0.4, -0.2) is 54.3 Å². The van der Waals surface area contributed by atoms with Gasteiger partial charge in [0.25, 0.3) is 5.91 Å². The molecule has 6 heteroatoms. The third kappa shape index (κ3) is 4.85. The maximum Gasteiger partial charge on any atom is 0.254 e. The van der Waals surface area contributed by atoms with Gasteiger partial charge in [-0.2, -0.15) is 0 Å². The van der Waals surface area contributed by atoms with Crippen LogP contribution in [0.3, 0.4) is 0 Å². The summed E-state index contributed by atoms with van der Waals surface area (Å²) in [6.07, 6.45) is 0.730. The summed E-state index contributed by atoms with van der Waals surface area (Å²) in [4.78, 5) is 29.3. The monoisotopic (exact) mass is 437 g/mol. The van der Waals surface area contributed by atoms with E-state index in [0.717, 1.165) is 61.4 Å². The lowest BCUT2D eigenvalue weighted by molar-refractivity contribution is -0.119. The maximum absolute atomic E-state index is 13.7. The largest absolute Gasteiger partial charge is 0.349 e. The zero-order valence-electron chi connectivity index (χ0n) is 19.1. The molecule has 2 aromatic carbocycles. The van der Waals surface area contributed by atoms with E-state index in [1.807, 2.05) is 43.0 Å². The minimum absolute atomic E-state index is 0.113. The molecule has 2 unspecified atom stereocenters. The van der Waals surface area contributed by atoms with Gasteiger partial charge in [0.2, 0.25) is 5.91 Å². The first-order valence-electron chi connectivity index (χ1n) is 11.4. The first-order valence-corrected chi connectivity index (χ1v) is 11.4. The molecule has 0 aromatic heterocycles. The molecule has 4 rings (SSSR count). The Labute approximate surface area is 189 Å². The molecule has 1 N–H and O–H groups in total. The van der Waals surface area contributed by atoms with Crippen LogP contribution in [0, 0.1) is 31.5 Å². The molecule has 2 aromatic rings. The lowest BCUT2D eigenvalue weighted by Gasteiger charge is -2.25. The minimum atomic E-state index is -0.290. The number of benzene rings is 2. The number of halogens is 1. The second-order valence-corrected chi connectivity index (χ2v) is 9.35. The highest BCUT2D eigenvalue weighted by Crippen LogP contribution is 2.33. The smallest absolute Gasteiger partial charge is 0.254 e. The molecule has 2 aliphatic rings. The van der Waals surface area contributed by atoms with Crippen molar-refractivity contribution in [1.82, 2.24) is 15.1 Å². The summed E-state index contributed by atoms with van der Waals surface area (Å²) >= 11 is 0. The van der Waals surface area contributed by atoms with Crippen LogP contribution in [0.4, 0.5) is 4.39 Å². The van der Waals surface area contributed by atoms with Crippen molar-refractivity contribution in [2.45, 2.75) is 33.2 Å². The molecule has 2 heterocycles. The van der Waals surface area contributed by atoms with Crippen LogP contribution in [0.25, 0.3) is 0 Å². The van der Waals surface area contributed by atoms with E-state index < -0.39 is 0 Å². The summed E-state index contributed by atoms with van der Waals surface area (Å²) in [6, 6.07) is 12.3. The average Bonchev–Trinajstić information content (AvgIpc) is 3.29. The predicted octanol–water partition coefficient (Wildman–Crippen LogP) is 3.71. The van der Waals surface area contributed by atoms with E-state index >= 15 is 0 Å². The van der Waals surface area contributed by atoms with Gasteiger partial charge in [-0.1, -0.05) is 30.3 Å². The third-order valence-electron chi connectivity index (χ3n) is 6.91. The number of carbonyl (C=O) groups excluding carboxylic acids is 2. The van der Waals surface area contributed by atoms with Gasteiger partial charge in [-0.05, 0) is 60.9 Å². The highest BCUT2D eigenvalue weighted by molar-refractivity contribution is 5.97. The van der Waals surface area contributed by atoms with Gasteiger partial charge in [-0.25, -0.2) is 4.39 Å². The summed E-state index contributed by atoms with van der Waals surface area (Å²) in [5.41, 5.74) is 3.72. The molecular weight excluding hydrogens is 405 g/mol. The van der Waals surface area contributed by atoms with Gasteiger partial charge >= 0.3 is 0 Å². The van der Waals surface area contributed by atoms with Crippen molar-refractivity contribution in [3.8, 4) is 0 Å². The highest BCUT2D eigenvalue weighted by atomic mass is 19.1. The first kappa shape index (κ1) is 22.5. The molecule has 0 aliphatic carbocycles. The molecule has 5 nitrogen and oxygen atoms in total. The lowest BCUT2D eigenvalue weighted by Crippen LogP contribution is -2.35. The number of hydrogen-bond donors (Lipinski definition) is 1. The van der Waals surface area contributed by atoms with Crippen LogP contribution >= 0.6 is 0 Å². The molecule has 0 bridgehead atoms. The van der Waals surface area contributed by atoms with Gasteiger partial charge < -0.3 is 15.1 Å². The Kier molecular flexibility index (Phi) is 6.60. The summed E-state index contributed by atoms with van der Waals surface area (Å²) in [6.45, 7) is 9.84. The summed E-state index contributed by atoms with van der Waals surface area (Å²) in [7, 11) is 0. The molecular formula is C26H32FN3O2. The first-order chi connectivity index (χ1) is 15.3. The van der Waals surface area contributed by atoms with Crippen LogP contribution in [0.5, 0.6) is 0 Å². The normalized spacial score (nSPS) is 21.4.